The fourth-order valence-corrected chi connectivity index (χ4v) is 2.69. The van der Waals surface area contributed by atoms with Crippen molar-refractivity contribution in [2.45, 2.75) is 6.92 Å². The van der Waals surface area contributed by atoms with Gasteiger partial charge in [0, 0.05) is 18.7 Å². The SMILES string of the molecule is COc1cccc(-c2cc(-c3nc(C)nn3-c3ccnn3C)[nH]n2)c1. The van der Waals surface area contributed by atoms with Gasteiger partial charge in [0.1, 0.15) is 17.3 Å². The summed E-state index contributed by atoms with van der Waals surface area (Å²) in [6, 6.07) is 11.6. The summed E-state index contributed by atoms with van der Waals surface area (Å²) in [5, 5.41) is 16.1. The third-order valence-electron chi connectivity index (χ3n) is 3.91. The summed E-state index contributed by atoms with van der Waals surface area (Å²) in [4.78, 5) is 4.53. The molecule has 0 saturated heterocycles. The number of aromatic amines is 1. The van der Waals surface area contributed by atoms with Crippen molar-refractivity contribution in [2.24, 2.45) is 7.05 Å². The molecule has 4 aromatic rings. The van der Waals surface area contributed by atoms with Crippen LogP contribution >= 0.6 is 0 Å². The number of aryl methyl sites for hydroxylation is 2. The predicted octanol–water partition coefficient (Wildman–Crippen LogP) is 2.37. The molecule has 4 rings (SSSR count). The van der Waals surface area contributed by atoms with Crippen LogP contribution in [0.5, 0.6) is 5.75 Å². The molecular weight excluding hydrogens is 318 g/mol. The molecule has 126 valence electrons. The van der Waals surface area contributed by atoms with E-state index >= 15 is 0 Å². The maximum Gasteiger partial charge on any atom is 0.183 e. The number of nitrogens with zero attached hydrogens (tertiary/aromatic N) is 6. The Hall–Kier alpha value is -3.42. The third-order valence-corrected chi connectivity index (χ3v) is 3.91. The van der Waals surface area contributed by atoms with Gasteiger partial charge in [0.05, 0.1) is 19.0 Å². The van der Waals surface area contributed by atoms with E-state index in [1.165, 1.54) is 0 Å². The van der Waals surface area contributed by atoms with Gasteiger partial charge in [0.25, 0.3) is 0 Å². The normalized spacial score (nSPS) is 11.0. The Morgan fingerprint density at radius 3 is 2.80 bits per heavy atom. The average molecular weight is 335 g/mol. The molecule has 1 aromatic carbocycles. The monoisotopic (exact) mass is 335 g/mol. The fraction of sp³-hybridized carbons (Fsp3) is 0.176. The molecule has 0 bridgehead atoms. The summed E-state index contributed by atoms with van der Waals surface area (Å²) in [7, 11) is 3.51. The van der Waals surface area contributed by atoms with E-state index in [0.29, 0.717) is 11.6 Å². The van der Waals surface area contributed by atoms with Crippen molar-refractivity contribution in [1.82, 2.24) is 34.7 Å². The highest BCUT2D eigenvalue weighted by molar-refractivity contribution is 5.66. The molecule has 25 heavy (non-hydrogen) atoms. The van der Waals surface area contributed by atoms with Crippen LogP contribution in [0.25, 0.3) is 28.6 Å². The highest BCUT2D eigenvalue weighted by atomic mass is 16.5. The Morgan fingerprint density at radius 2 is 2.04 bits per heavy atom. The average Bonchev–Trinajstić information content (AvgIpc) is 3.34. The van der Waals surface area contributed by atoms with E-state index < -0.39 is 0 Å². The lowest BCUT2D eigenvalue weighted by molar-refractivity contribution is 0.415. The number of hydrogen-bond acceptors (Lipinski definition) is 5. The lowest BCUT2D eigenvalue weighted by Crippen LogP contribution is -2.06. The van der Waals surface area contributed by atoms with Gasteiger partial charge in [-0.25, -0.2) is 4.98 Å². The second-order valence-corrected chi connectivity index (χ2v) is 5.61. The minimum atomic E-state index is 0.675. The Kier molecular flexibility index (Phi) is 3.57. The highest BCUT2D eigenvalue weighted by Gasteiger charge is 2.17. The highest BCUT2D eigenvalue weighted by Crippen LogP contribution is 2.26. The van der Waals surface area contributed by atoms with Crippen molar-refractivity contribution < 1.29 is 4.74 Å². The molecule has 0 fully saturated rings. The zero-order valence-electron chi connectivity index (χ0n) is 14.1. The van der Waals surface area contributed by atoms with E-state index in [1.54, 1.807) is 22.7 Å². The molecule has 0 aliphatic heterocycles. The van der Waals surface area contributed by atoms with Crippen LogP contribution in [0.1, 0.15) is 5.82 Å². The molecule has 0 amide bonds. The minimum Gasteiger partial charge on any atom is -0.497 e. The Bertz CT molecular complexity index is 1030. The van der Waals surface area contributed by atoms with Crippen LogP contribution in [-0.2, 0) is 7.05 Å². The van der Waals surface area contributed by atoms with Gasteiger partial charge in [-0.2, -0.15) is 14.9 Å². The van der Waals surface area contributed by atoms with Crippen LogP contribution in [0.3, 0.4) is 0 Å². The van der Waals surface area contributed by atoms with E-state index in [1.807, 2.05) is 50.4 Å². The Labute approximate surface area is 144 Å². The number of hydrogen-bond donors (Lipinski definition) is 1. The van der Waals surface area contributed by atoms with Gasteiger partial charge in [0.15, 0.2) is 11.6 Å². The fourth-order valence-electron chi connectivity index (χ4n) is 2.69. The standard InChI is InChI=1S/C17H17N7O/c1-11-19-17(24(22-11)16-7-8-18-23(16)2)15-10-14(20-21-15)12-5-4-6-13(9-12)25-3/h4-10H,1-3H3,(H,20,21). The number of rotatable bonds is 4. The smallest absolute Gasteiger partial charge is 0.183 e. The molecule has 0 aliphatic rings. The summed E-state index contributed by atoms with van der Waals surface area (Å²) in [5.41, 5.74) is 2.55. The van der Waals surface area contributed by atoms with E-state index in [9.17, 15) is 0 Å². The van der Waals surface area contributed by atoms with Crippen molar-refractivity contribution in [3.8, 4) is 34.3 Å². The zero-order valence-corrected chi connectivity index (χ0v) is 14.1. The molecule has 0 unspecified atom stereocenters. The first-order valence-corrected chi connectivity index (χ1v) is 7.78. The Morgan fingerprint density at radius 1 is 1.16 bits per heavy atom. The van der Waals surface area contributed by atoms with E-state index in [0.717, 1.165) is 28.5 Å². The van der Waals surface area contributed by atoms with Crippen LogP contribution in [0.2, 0.25) is 0 Å². The summed E-state index contributed by atoms with van der Waals surface area (Å²) in [5.74, 6) is 2.97. The van der Waals surface area contributed by atoms with Crippen molar-refractivity contribution in [1.29, 1.82) is 0 Å². The number of H-pyrrole nitrogens is 1. The largest absolute Gasteiger partial charge is 0.497 e. The van der Waals surface area contributed by atoms with Gasteiger partial charge in [-0.15, -0.1) is 5.10 Å². The van der Waals surface area contributed by atoms with Crippen molar-refractivity contribution in [3.05, 3.63) is 48.4 Å². The van der Waals surface area contributed by atoms with Gasteiger partial charge in [-0.1, -0.05) is 12.1 Å². The molecule has 8 heteroatoms. The summed E-state index contributed by atoms with van der Waals surface area (Å²) in [6.45, 7) is 1.86. The van der Waals surface area contributed by atoms with Crippen molar-refractivity contribution in [2.75, 3.05) is 7.11 Å². The van der Waals surface area contributed by atoms with Gasteiger partial charge < -0.3 is 4.74 Å². The first-order valence-electron chi connectivity index (χ1n) is 7.78. The van der Waals surface area contributed by atoms with Crippen LogP contribution in [0.4, 0.5) is 0 Å². The lowest BCUT2D eigenvalue weighted by atomic mass is 10.1. The first kappa shape index (κ1) is 15.1. The summed E-state index contributed by atoms with van der Waals surface area (Å²) >= 11 is 0. The van der Waals surface area contributed by atoms with E-state index in [2.05, 4.69) is 25.4 Å². The number of ether oxygens (including phenoxy) is 1. The molecule has 0 spiro atoms. The molecule has 3 aromatic heterocycles. The topological polar surface area (TPSA) is 86.4 Å². The first-order chi connectivity index (χ1) is 12.2. The quantitative estimate of drug-likeness (QED) is 0.619. The van der Waals surface area contributed by atoms with Gasteiger partial charge in [-0.05, 0) is 25.1 Å². The molecule has 0 radical (unpaired) electrons. The van der Waals surface area contributed by atoms with Crippen LogP contribution in [-0.4, -0.2) is 41.9 Å². The lowest BCUT2D eigenvalue weighted by Gasteiger charge is -2.04. The Balaban J connectivity index is 1.77. The molecule has 3 heterocycles. The zero-order chi connectivity index (χ0) is 17.4. The number of aromatic nitrogens is 7. The molecule has 0 aliphatic carbocycles. The van der Waals surface area contributed by atoms with E-state index in [-0.39, 0.29) is 0 Å². The van der Waals surface area contributed by atoms with Crippen LogP contribution in [0.15, 0.2) is 42.6 Å². The number of benzene rings is 1. The summed E-state index contributed by atoms with van der Waals surface area (Å²) < 4.78 is 8.78. The van der Waals surface area contributed by atoms with Crippen molar-refractivity contribution in [3.63, 3.8) is 0 Å². The van der Waals surface area contributed by atoms with Crippen molar-refractivity contribution >= 4 is 0 Å². The van der Waals surface area contributed by atoms with Gasteiger partial charge >= 0.3 is 0 Å². The molecule has 8 nitrogen and oxygen atoms in total. The third kappa shape index (κ3) is 2.67. The minimum absolute atomic E-state index is 0.675. The maximum absolute atomic E-state index is 5.28. The van der Waals surface area contributed by atoms with Gasteiger partial charge in [0.2, 0.25) is 0 Å². The molecule has 0 saturated carbocycles. The molecular formula is C17H17N7O. The second-order valence-electron chi connectivity index (χ2n) is 5.61. The van der Waals surface area contributed by atoms with Crippen LogP contribution < -0.4 is 4.74 Å². The van der Waals surface area contributed by atoms with Gasteiger partial charge in [-0.3, -0.25) is 9.78 Å². The number of nitrogens with one attached hydrogen (secondary N) is 1. The second kappa shape index (κ2) is 5.90. The molecule has 1 N–H and O–H groups in total. The summed E-state index contributed by atoms with van der Waals surface area (Å²) in [6.07, 6.45) is 1.73. The predicted molar refractivity (Wildman–Crippen MR) is 92.4 cm³/mol. The van der Waals surface area contributed by atoms with Crippen LogP contribution in [0, 0.1) is 6.92 Å². The van der Waals surface area contributed by atoms with E-state index in [4.69, 9.17) is 4.74 Å². The maximum atomic E-state index is 5.28. The molecule has 0 atom stereocenters. The number of methoxy groups -OCH3 is 1.